The molecule has 1 unspecified atom stereocenters. The van der Waals surface area contributed by atoms with Crippen LogP contribution in [-0.4, -0.2) is 33.7 Å². The maximum atomic E-state index is 9.84. The second-order valence-corrected chi connectivity index (χ2v) is 5.24. The van der Waals surface area contributed by atoms with Crippen molar-refractivity contribution in [1.29, 1.82) is 0 Å². The monoisotopic (exact) mass is 270 g/mol. The Morgan fingerprint density at radius 2 is 2.47 bits per heavy atom. The van der Waals surface area contributed by atoms with Gasteiger partial charge < -0.3 is 5.11 Å². The maximum absolute atomic E-state index is 9.84. The molecule has 0 bridgehead atoms. The van der Waals surface area contributed by atoms with Gasteiger partial charge in [-0.3, -0.25) is 9.88 Å². The van der Waals surface area contributed by atoms with Gasteiger partial charge in [0.15, 0.2) is 0 Å². The topological polar surface area (TPSA) is 36.4 Å². The number of hydrogen-bond donors (Lipinski definition) is 1. The Labute approximate surface area is 98.3 Å². The highest BCUT2D eigenvalue weighted by Crippen LogP contribution is 2.23. The number of hydrogen-bond acceptors (Lipinski definition) is 3. The molecule has 15 heavy (non-hydrogen) atoms. The third-order valence-electron chi connectivity index (χ3n) is 2.74. The van der Waals surface area contributed by atoms with Crippen LogP contribution in [0.3, 0.4) is 0 Å². The highest BCUT2D eigenvalue weighted by molar-refractivity contribution is 9.10. The molecule has 1 saturated heterocycles. The molecule has 0 saturated carbocycles. The quantitative estimate of drug-likeness (QED) is 0.891. The number of β-amino-alcohol motifs (C(OH)–C–C–N with tert-alkyl or cyclic N) is 1. The number of pyridine rings is 1. The van der Waals surface area contributed by atoms with Crippen LogP contribution in [0.15, 0.2) is 22.8 Å². The van der Waals surface area contributed by atoms with Crippen molar-refractivity contribution < 1.29 is 5.11 Å². The number of aliphatic hydroxyl groups is 1. The maximum Gasteiger partial charge on any atom is 0.0758 e. The first-order chi connectivity index (χ1) is 7.07. The van der Waals surface area contributed by atoms with E-state index in [9.17, 15) is 5.11 Å². The molecule has 2 rings (SSSR count). The van der Waals surface area contributed by atoms with Crippen LogP contribution in [0.5, 0.6) is 0 Å². The van der Waals surface area contributed by atoms with Crippen molar-refractivity contribution >= 4 is 15.9 Å². The van der Waals surface area contributed by atoms with E-state index in [2.05, 4.69) is 25.8 Å². The lowest BCUT2D eigenvalue weighted by atomic mass is 10.1. The van der Waals surface area contributed by atoms with E-state index in [1.165, 1.54) is 0 Å². The second-order valence-electron chi connectivity index (χ2n) is 4.39. The van der Waals surface area contributed by atoms with E-state index in [1.807, 2.05) is 19.1 Å². The Balaban J connectivity index is 2.02. The van der Waals surface area contributed by atoms with Crippen LogP contribution in [0, 0.1) is 0 Å². The summed E-state index contributed by atoms with van der Waals surface area (Å²) in [5, 5.41) is 9.84. The third-order valence-corrected chi connectivity index (χ3v) is 3.46. The molecular weight excluding hydrogens is 256 g/mol. The molecule has 1 atom stereocenters. The molecule has 1 aliphatic heterocycles. The van der Waals surface area contributed by atoms with Crippen LogP contribution in [0.25, 0.3) is 0 Å². The molecule has 1 fully saturated rings. The zero-order valence-electron chi connectivity index (χ0n) is 8.78. The fraction of sp³-hybridized carbons (Fsp3) is 0.545. The van der Waals surface area contributed by atoms with Gasteiger partial charge in [-0.15, -0.1) is 0 Å². The molecule has 82 valence electrons. The third kappa shape index (κ3) is 2.77. The van der Waals surface area contributed by atoms with Gasteiger partial charge in [0.2, 0.25) is 0 Å². The first-order valence-corrected chi connectivity index (χ1v) is 5.90. The summed E-state index contributed by atoms with van der Waals surface area (Å²) < 4.78 is 1.04. The van der Waals surface area contributed by atoms with Crippen molar-refractivity contribution in [3.05, 3.63) is 28.5 Å². The summed E-state index contributed by atoms with van der Waals surface area (Å²) in [4.78, 5) is 6.55. The Morgan fingerprint density at radius 3 is 3.07 bits per heavy atom. The predicted octanol–water partition coefficient (Wildman–Crippen LogP) is 1.80. The summed E-state index contributed by atoms with van der Waals surface area (Å²) in [6, 6.07) is 3.91. The van der Waals surface area contributed by atoms with Crippen molar-refractivity contribution in [3.63, 3.8) is 0 Å². The fourth-order valence-electron chi connectivity index (χ4n) is 1.92. The molecule has 1 N–H and O–H groups in total. The summed E-state index contributed by atoms with van der Waals surface area (Å²) in [6.07, 6.45) is 2.64. The molecule has 3 nitrogen and oxygen atoms in total. The molecule has 0 radical (unpaired) electrons. The van der Waals surface area contributed by atoms with E-state index >= 15 is 0 Å². The molecule has 1 aromatic rings. The average Bonchev–Trinajstić information content (AvgIpc) is 2.50. The summed E-state index contributed by atoms with van der Waals surface area (Å²) >= 11 is 3.48. The summed E-state index contributed by atoms with van der Waals surface area (Å²) in [7, 11) is 0. The van der Waals surface area contributed by atoms with Gasteiger partial charge in [-0.05, 0) is 41.4 Å². The first-order valence-electron chi connectivity index (χ1n) is 5.11. The van der Waals surface area contributed by atoms with E-state index in [0.717, 1.165) is 36.2 Å². The molecule has 0 aliphatic carbocycles. The molecule has 1 aromatic heterocycles. The van der Waals surface area contributed by atoms with Gasteiger partial charge in [-0.1, -0.05) is 0 Å². The molecule has 4 heteroatoms. The van der Waals surface area contributed by atoms with E-state index in [1.54, 1.807) is 6.20 Å². The minimum atomic E-state index is -0.527. The summed E-state index contributed by atoms with van der Waals surface area (Å²) in [5.41, 5.74) is 0.511. The minimum absolute atomic E-state index is 0.527. The van der Waals surface area contributed by atoms with Crippen LogP contribution in [0.1, 0.15) is 19.0 Å². The van der Waals surface area contributed by atoms with Crippen LogP contribution in [0.4, 0.5) is 0 Å². The van der Waals surface area contributed by atoms with Gasteiger partial charge in [0.25, 0.3) is 0 Å². The van der Waals surface area contributed by atoms with E-state index < -0.39 is 5.60 Å². The normalized spacial score (nSPS) is 27.1. The van der Waals surface area contributed by atoms with Crippen LogP contribution in [-0.2, 0) is 6.54 Å². The number of rotatable bonds is 2. The number of nitrogens with zero attached hydrogens (tertiary/aromatic N) is 2. The standard InChI is InChI=1S/C11H15BrN2O/c1-11(15)4-6-14(8-11)7-10-9(12)3-2-5-13-10/h2-3,5,15H,4,6-8H2,1H3. The van der Waals surface area contributed by atoms with E-state index in [0.29, 0.717) is 0 Å². The lowest BCUT2D eigenvalue weighted by molar-refractivity contribution is 0.0677. The van der Waals surface area contributed by atoms with Gasteiger partial charge in [-0.25, -0.2) is 0 Å². The highest BCUT2D eigenvalue weighted by atomic mass is 79.9. The van der Waals surface area contributed by atoms with Gasteiger partial charge in [0.05, 0.1) is 11.3 Å². The van der Waals surface area contributed by atoms with Crippen LogP contribution >= 0.6 is 15.9 Å². The van der Waals surface area contributed by atoms with Crippen molar-refractivity contribution in [1.82, 2.24) is 9.88 Å². The summed E-state index contributed by atoms with van der Waals surface area (Å²) in [6.45, 7) is 4.37. The largest absolute Gasteiger partial charge is 0.389 e. The Kier molecular flexibility index (Phi) is 3.09. The zero-order chi connectivity index (χ0) is 10.9. The lowest BCUT2D eigenvalue weighted by Crippen LogP contribution is -2.29. The van der Waals surface area contributed by atoms with Crippen LogP contribution in [0.2, 0.25) is 0 Å². The van der Waals surface area contributed by atoms with Gasteiger partial charge in [0.1, 0.15) is 0 Å². The van der Waals surface area contributed by atoms with Crippen molar-refractivity contribution in [2.24, 2.45) is 0 Å². The first kappa shape index (κ1) is 11.0. The van der Waals surface area contributed by atoms with Gasteiger partial charge >= 0.3 is 0 Å². The minimum Gasteiger partial charge on any atom is -0.389 e. The lowest BCUT2D eigenvalue weighted by Gasteiger charge is -2.18. The van der Waals surface area contributed by atoms with Crippen molar-refractivity contribution in [2.75, 3.05) is 13.1 Å². The average molecular weight is 271 g/mol. The molecule has 2 heterocycles. The molecule has 0 aromatic carbocycles. The van der Waals surface area contributed by atoms with Crippen molar-refractivity contribution in [3.8, 4) is 0 Å². The predicted molar refractivity (Wildman–Crippen MR) is 62.5 cm³/mol. The van der Waals surface area contributed by atoms with E-state index in [-0.39, 0.29) is 0 Å². The Morgan fingerprint density at radius 1 is 1.67 bits per heavy atom. The van der Waals surface area contributed by atoms with Gasteiger partial charge in [0, 0.05) is 30.3 Å². The van der Waals surface area contributed by atoms with Crippen molar-refractivity contribution in [2.45, 2.75) is 25.5 Å². The smallest absolute Gasteiger partial charge is 0.0758 e. The Hall–Kier alpha value is -0.450. The number of halogens is 1. The Bertz CT molecular complexity index is 354. The van der Waals surface area contributed by atoms with E-state index in [4.69, 9.17) is 0 Å². The fourth-order valence-corrected chi connectivity index (χ4v) is 2.30. The van der Waals surface area contributed by atoms with Gasteiger partial charge in [-0.2, -0.15) is 0 Å². The zero-order valence-corrected chi connectivity index (χ0v) is 10.4. The molecule has 1 aliphatic rings. The SMILES string of the molecule is CC1(O)CCN(Cc2ncccc2Br)C1. The molecule has 0 amide bonds. The number of aromatic nitrogens is 1. The number of likely N-dealkylation sites (tertiary alicyclic amines) is 1. The molecule has 0 spiro atoms. The van der Waals surface area contributed by atoms with Crippen LogP contribution < -0.4 is 0 Å². The molecular formula is C11H15BrN2O. The second kappa shape index (κ2) is 4.20. The summed E-state index contributed by atoms with van der Waals surface area (Å²) in [5.74, 6) is 0. The highest BCUT2D eigenvalue weighted by Gasteiger charge is 2.31.